The van der Waals surface area contributed by atoms with Crippen molar-refractivity contribution in [3.63, 3.8) is 0 Å². The first-order chi connectivity index (χ1) is 6.93. The van der Waals surface area contributed by atoms with E-state index in [4.69, 9.17) is 5.73 Å². The van der Waals surface area contributed by atoms with E-state index in [1.54, 1.807) is 0 Å². The van der Waals surface area contributed by atoms with Crippen LogP contribution in [0, 0.1) is 11.8 Å². The van der Waals surface area contributed by atoms with E-state index in [1.807, 2.05) is 0 Å². The zero-order valence-electron chi connectivity index (χ0n) is 11.5. The molecule has 0 aromatic rings. The van der Waals surface area contributed by atoms with Gasteiger partial charge in [-0.2, -0.15) is 0 Å². The van der Waals surface area contributed by atoms with Gasteiger partial charge in [0.05, 0.1) is 0 Å². The number of nitrogens with two attached hydrogens (primary N) is 1. The van der Waals surface area contributed by atoms with Crippen molar-refractivity contribution in [2.45, 2.75) is 59.5 Å². The van der Waals surface area contributed by atoms with E-state index in [1.165, 1.54) is 12.8 Å². The molecule has 0 bridgehead atoms. The number of likely N-dealkylation sites (N-methyl/N-ethyl adjacent to an activating group) is 1. The molecule has 0 aliphatic heterocycles. The maximum atomic E-state index is 5.88. The molecule has 0 aromatic heterocycles. The number of hydrogen-bond donors (Lipinski definition) is 1. The van der Waals surface area contributed by atoms with Gasteiger partial charge in [0.25, 0.3) is 0 Å². The third-order valence-electron chi connectivity index (χ3n) is 3.57. The Hall–Kier alpha value is -0.0800. The molecular formula is C13H30N2. The smallest absolute Gasteiger partial charge is 0.0243 e. The van der Waals surface area contributed by atoms with Crippen LogP contribution in [0.4, 0.5) is 0 Å². The van der Waals surface area contributed by atoms with Crippen LogP contribution in [0.1, 0.15) is 47.5 Å². The topological polar surface area (TPSA) is 29.3 Å². The molecule has 15 heavy (non-hydrogen) atoms. The van der Waals surface area contributed by atoms with Crippen LogP contribution >= 0.6 is 0 Å². The zero-order chi connectivity index (χ0) is 12.0. The van der Waals surface area contributed by atoms with Crippen LogP contribution in [-0.4, -0.2) is 30.6 Å². The Morgan fingerprint density at radius 1 is 1.13 bits per heavy atom. The summed E-state index contributed by atoms with van der Waals surface area (Å²) in [5, 5.41) is 0. The largest absolute Gasteiger partial charge is 0.329 e. The molecule has 2 nitrogen and oxygen atoms in total. The Labute approximate surface area is 96.2 Å². The number of rotatable bonds is 7. The van der Waals surface area contributed by atoms with Crippen LogP contribution < -0.4 is 5.73 Å². The molecule has 3 atom stereocenters. The summed E-state index contributed by atoms with van der Waals surface area (Å²) < 4.78 is 0. The van der Waals surface area contributed by atoms with Gasteiger partial charge in [-0.3, -0.25) is 4.90 Å². The lowest BCUT2D eigenvalue weighted by molar-refractivity contribution is 0.127. The highest BCUT2D eigenvalue weighted by atomic mass is 15.2. The third kappa shape index (κ3) is 4.98. The van der Waals surface area contributed by atoms with Crippen molar-refractivity contribution in [3.8, 4) is 0 Å². The second-order valence-corrected chi connectivity index (χ2v) is 5.33. The SMILES string of the molecule is CCC(C)C(CN)N(C)C(C)CC(C)C. The second kappa shape index (κ2) is 7.24. The van der Waals surface area contributed by atoms with Crippen molar-refractivity contribution in [2.75, 3.05) is 13.6 Å². The Morgan fingerprint density at radius 2 is 1.67 bits per heavy atom. The quantitative estimate of drug-likeness (QED) is 0.706. The van der Waals surface area contributed by atoms with Gasteiger partial charge in [-0.1, -0.05) is 34.1 Å². The minimum absolute atomic E-state index is 0.531. The number of nitrogens with zero attached hydrogens (tertiary/aromatic N) is 1. The molecule has 0 aliphatic carbocycles. The van der Waals surface area contributed by atoms with Gasteiger partial charge in [0, 0.05) is 18.6 Å². The molecule has 0 amide bonds. The van der Waals surface area contributed by atoms with Gasteiger partial charge in [0.1, 0.15) is 0 Å². The summed E-state index contributed by atoms with van der Waals surface area (Å²) in [6, 6.07) is 1.16. The molecule has 0 fully saturated rings. The fraction of sp³-hybridized carbons (Fsp3) is 1.00. The van der Waals surface area contributed by atoms with Gasteiger partial charge in [-0.05, 0) is 32.2 Å². The maximum Gasteiger partial charge on any atom is 0.0243 e. The second-order valence-electron chi connectivity index (χ2n) is 5.33. The lowest BCUT2D eigenvalue weighted by atomic mass is 9.95. The van der Waals surface area contributed by atoms with Crippen molar-refractivity contribution >= 4 is 0 Å². The molecular weight excluding hydrogens is 184 g/mol. The average molecular weight is 214 g/mol. The maximum absolute atomic E-state index is 5.88. The van der Waals surface area contributed by atoms with Gasteiger partial charge >= 0.3 is 0 Å². The minimum Gasteiger partial charge on any atom is -0.329 e. The van der Waals surface area contributed by atoms with E-state index in [-0.39, 0.29) is 0 Å². The molecule has 2 N–H and O–H groups in total. The van der Waals surface area contributed by atoms with Crippen LogP contribution in [0.15, 0.2) is 0 Å². The lowest BCUT2D eigenvalue weighted by Gasteiger charge is -2.36. The molecule has 2 heteroatoms. The Balaban J connectivity index is 4.29. The summed E-state index contributed by atoms with van der Waals surface area (Å²) >= 11 is 0. The predicted molar refractivity (Wildman–Crippen MR) is 69.0 cm³/mol. The van der Waals surface area contributed by atoms with Crippen molar-refractivity contribution in [1.82, 2.24) is 4.90 Å². The lowest BCUT2D eigenvalue weighted by Crippen LogP contribution is -2.47. The first-order valence-electron chi connectivity index (χ1n) is 6.35. The van der Waals surface area contributed by atoms with E-state index in [9.17, 15) is 0 Å². The molecule has 0 spiro atoms. The summed E-state index contributed by atoms with van der Waals surface area (Å²) in [6.45, 7) is 12.2. The van der Waals surface area contributed by atoms with Crippen LogP contribution in [0.2, 0.25) is 0 Å². The highest BCUT2D eigenvalue weighted by Gasteiger charge is 2.23. The van der Waals surface area contributed by atoms with Crippen LogP contribution in [0.25, 0.3) is 0 Å². The summed E-state index contributed by atoms with van der Waals surface area (Å²) in [4.78, 5) is 2.47. The average Bonchev–Trinajstić information content (AvgIpc) is 2.17. The van der Waals surface area contributed by atoms with Crippen molar-refractivity contribution < 1.29 is 0 Å². The Bertz CT molecular complexity index is 157. The van der Waals surface area contributed by atoms with Gasteiger partial charge in [-0.25, -0.2) is 0 Å². The summed E-state index contributed by atoms with van der Waals surface area (Å²) in [5.74, 6) is 1.45. The Kier molecular flexibility index (Phi) is 7.20. The van der Waals surface area contributed by atoms with E-state index in [2.05, 4.69) is 46.6 Å². The van der Waals surface area contributed by atoms with Gasteiger partial charge in [0.15, 0.2) is 0 Å². The minimum atomic E-state index is 0.531. The van der Waals surface area contributed by atoms with E-state index in [0.29, 0.717) is 18.0 Å². The normalized spacial score (nSPS) is 18.2. The molecule has 0 aromatic carbocycles. The van der Waals surface area contributed by atoms with Crippen molar-refractivity contribution in [2.24, 2.45) is 17.6 Å². The van der Waals surface area contributed by atoms with E-state index < -0.39 is 0 Å². The van der Waals surface area contributed by atoms with Crippen molar-refractivity contribution in [1.29, 1.82) is 0 Å². The molecule has 92 valence electrons. The van der Waals surface area contributed by atoms with Crippen LogP contribution in [0.5, 0.6) is 0 Å². The third-order valence-corrected chi connectivity index (χ3v) is 3.57. The first-order valence-corrected chi connectivity index (χ1v) is 6.35. The molecule has 0 saturated carbocycles. The van der Waals surface area contributed by atoms with Gasteiger partial charge < -0.3 is 5.73 Å². The predicted octanol–water partition coefficient (Wildman–Crippen LogP) is 2.73. The highest BCUT2D eigenvalue weighted by Crippen LogP contribution is 2.18. The van der Waals surface area contributed by atoms with Crippen molar-refractivity contribution in [3.05, 3.63) is 0 Å². The summed E-state index contributed by atoms with van der Waals surface area (Å²) in [5.41, 5.74) is 5.88. The number of hydrogen-bond acceptors (Lipinski definition) is 2. The fourth-order valence-electron chi connectivity index (χ4n) is 2.25. The van der Waals surface area contributed by atoms with E-state index >= 15 is 0 Å². The molecule has 3 unspecified atom stereocenters. The van der Waals surface area contributed by atoms with Gasteiger partial charge in [0.2, 0.25) is 0 Å². The van der Waals surface area contributed by atoms with Gasteiger partial charge in [-0.15, -0.1) is 0 Å². The molecule has 0 radical (unpaired) electrons. The summed E-state index contributed by atoms with van der Waals surface area (Å²) in [7, 11) is 2.22. The first kappa shape index (κ1) is 14.9. The molecule has 0 aliphatic rings. The highest BCUT2D eigenvalue weighted by molar-refractivity contribution is 4.79. The standard InChI is InChI=1S/C13H30N2/c1-7-11(4)13(9-14)15(6)12(5)8-10(2)3/h10-13H,7-9,14H2,1-6H3. The molecule has 0 heterocycles. The fourth-order valence-corrected chi connectivity index (χ4v) is 2.25. The zero-order valence-corrected chi connectivity index (χ0v) is 11.5. The van der Waals surface area contributed by atoms with Crippen LogP contribution in [-0.2, 0) is 0 Å². The van der Waals surface area contributed by atoms with Crippen LogP contribution in [0.3, 0.4) is 0 Å². The monoisotopic (exact) mass is 214 g/mol. The molecule has 0 saturated heterocycles. The summed E-state index contributed by atoms with van der Waals surface area (Å²) in [6.07, 6.45) is 2.46. The van der Waals surface area contributed by atoms with E-state index in [0.717, 1.165) is 12.5 Å². The molecule has 0 rings (SSSR count). The Morgan fingerprint density at radius 3 is 2.00 bits per heavy atom.